The SMILES string of the molecule is FCCCCCCC(F)C(F)Cl. The maximum atomic E-state index is 12.5. The second kappa shape index (κ2) is 7.71. The van der Waals surface area contributed by atoms with Gasteiger partial charge in [-0.3, -0.25) is 4.39 Å². The van der Waals surface area contributed by atoms with E-state index in [4.69, 9.17) is 11.6 Å². The summed E-state index contributed by atoms with van der Waals surface area (Å²) in [6, 6.07) is 0. The highest BCUT2D eigenvalue weighted by atomic mass is 35.5. The molecule has 0 aliphatic rings. The molecular formula is C8H14ClF3. The summed E-state index contributed by atoms with van der Waals surface area (Å²) in [4.78, 5) is 0. The molecule has 0 heterocycles. The molecule has 2 unspecified atom stereocenters. The lowest BCUT2D eigenvalue weighted by atomic mass is 10.1. The normalized spacial score (nSPS) is 16.0. The minimum atomic E-state index is -1.90. The molecule has 0 nitrogen and oxygen atoms in total. The van der Waals surface area contributed by atoms with Crippen LogP contribution >= 0.6 is 11.6 Å². The molecule has 4 heteroatoms. The van der Waals surface area contributed by atoms with Gasteiger partial charge in [-0.25, -0.2) is 8.78 Å². The lowest BCUT2D eigenvalue weighted by molar-refractivity contribution is 0.213. The van der Waals surface area contributed by atoms with Gasteiger partial charge in [0.1, 0.15) is 6.17 Å². The Bertz CT molecular complexity index is 98.3. The molecule has 0 aliphatic heterocycles. The zero-order chi connectivity index (χ0) is 9.40. The first kappa shape index (κ1) is 12.1. The van der Waals surface area contributed by atoms with Crippen LogP contribution in [-0.4, -0.2) is 18.5 Å². The Balaban J connectivity index is 3.08. The van der Waals surface area contributed by atoms with Gasteiger partial charge in [-0.2, -0.15) is 0 Å². The number of unbranched alkanes of at least 4 members (excludes halogenated alkanes) is 3. The summed E-state index contributed by atoms with van der Waals surface area (Å²) in [5.41, 5.74) is -1.90. The number of hydrogen-bond donors (Lipinski definition) is 0. The molecule has 2 atom stereocenters. The van der Waals surface area contributed by atoms with Gasteiger partial charge in [0.25, 0.3) is 0 Å². The Labute approximate surface area is 76.1 Å². The van der Waals surface area contributed by atoms with E-state index < -0.39 is 11.8 Å². The molecule has 0 aromatic carbocycles. The van der Waals surface area contributed by atoms with E-state index in [0.717, 1.165) is 12.8 Å². The zero-order valence-electron chi connectivity index (χ0n) is 6.91. The summed E-state index contributed by atoms with van der Waals surface area (Å²) in [7, 11) is 0. The second-order valence-electron chi connectivity index (χ2n) is 2.74. The molecule has 0 bridgehead atoms. The highest BCUT2D eigenvalue weighted by Gasteiger charge is 2.15. The van der Waals surface area contributed by atoms with E-state index in [0.29, 0.717) is 12.8 Å². The zero-order valence-corrected chi connectivity index (χ0v) is 7.67. The fourth-order valence-corrected chi connectivity index (χ4v) is 1.04. The molecule has 0 aliphatic carbocycles. The quantitative estimate of drug-likeness (QED) is 0.435. The first-order valence-corrected chi connectivity index (χ1v) is 4.60. The van der Waals surface area contributed by atoms with Crippen LogP contribution in [0.4, 0.5) is 13.2 Å². The van der Waals surface area contributed by atoms with Crippen LogP contribution in [0.1, 0.15) is 32.1 Å². The van der Waals surface area contributed by atoms with Crippen molar-refractivity contribution in [3.63, 3.8) is 0 Å². The van der Waals surface area contributed by atoms with E-state index in [2.05, 4.69) is 0 Å². The molecule has 0 spiro atoms. The monoisotopic (exact) mass is 202 g/mol. The van der Waals surface area contributed by atoms with Crippen LogP contribution < -0.4 is 0 Å². The van der Waals surface area contributed by atoms with Gasteiger partial charge in [0.15, 0.2) is 0 Å². The third kappa shape index (κ3) is 6.77. The summed E-state index contributed by atoms with van der Waals surface area (Å²) < 4.78 is 36.0. The maximum absolute atomic E-state index is 12.5. The minimum absolute atomic E-state index is 0.136. The van der Waals surface area contributed by atoms with Gasteiger partial charge in [0.2, 0.25) is 5.63 Å². The predicted molar refractivity (Wildman–Crippen MR) is 44.7 cm³/mol. The van der Waals surface area contributed by atoms with Gasteiger partial charge in [-0.1, -0.05) is 30.9 Å². The molecule has 0 aromatic rings. The average molecular weight is 203 g/mol. The topological polar surface area (TPSA) is 0 Å². The van der Waals surface area contributed by atoms with Crippen LogP contribution in [0.15, 0.2) is 0 Å². The molecule has 0 N–H and O–H groups in total. The van der Waals surface area contributed by atoms with Crippen molar-refractivity contribution in [3.05, 3.63) is 0 Å². The van der Waals surface area contributed by atoms with Crippen molar-refractivity contribution in [3.8, 4) is 0 Å². The Hall–Kier alpha value is 0.0800. The van der Waals surface area contributed by atoms with Crippen molar-refractivity contribution in [2.75, 3.05) is 6.67 Å². The highest BCUT2D eigenvalue weighted by molar-refractivity contribution is 6.19. The number of alkyl halides is 4. The van der Waals surface area contributed by atoms with Crippen LogP contribution in [0.2, 0.25) is 0 Å². The smallest absolute Gasteiger partial charge is 0.204 e. The van der Waals surface area contributed by atoms with Gasteiger partial charge >= 0.3 is 0 Å². The number of halogens is 4. The standard InChI is InChI=1S/C8H14ClF3/c9-8(12)7(11)5-3-1-2-4-6-10/h7-8H,1-6H2. The van der Waals surface area contributed by atoms with Gasteiger partial charge in [0.05, 0.1) is 6.67 Å². The van der Waals surface area contributed by atoms with E-state index in [-0.39, 0.29) is 13.1 Å². The first-order valence-electron chi connectivity index (χ1n) is 4.16. The molecule has 0 rings (SSSR count). The summed E-state index contributed by atoms with van der Waals surface area (Å²) in [5.74, 6) is 0. The van der Waals surface area contributed by atoms with Gasteiger partial charge in [-0.05, 0) is 12.8 Å². The van der Waals surface area contributed by atoms with Crippen LogP contribution in [0.5, 0.6) is 0 Å². The third-order valence-corrected chi connectivity index (χ3v) is 1.91. The highest BCUT2D eigenvalue weighted by Crippen LogP contribution is 2.15. The van der Waals surface area contributed by atoms with E-state index in [1.54, 1.807) is 0 Å². The molecule has 74 valence electrons. The van der Waals surface area contributed by atoms with E-state index >= 15 is 0 Å². The Kier molecular flexibility index (Phi) is 7.77. The van der Waals surface area contributed by atoms with Gasteiger partial charge in [0, 0.05) is 0 Å². The molecule has 0 fully saturated rings. The predicted octanol–water partition coefficient (Wildman–Crippen LogP) is 3.78. The average Bonchev–Trinajstić information content (AvgIpc) is 2.03. The first-order chi connectivity index (χ1) is 5.68. The third-order valence-electron chi connectivity index (χ3n) is 1.64. The lowest BCUT2D eigenvalue weighted by Gasteiger charge is -2.06. The summed E-state index contributed by atoms with van der Waals surface area (Å²) in [6.07, 6.45) is 1.13. The van der Waals surface area contributed by atoms with Gasteiger partial charge in [-0.15, -0.1) is 0 Å². The largest absolute Gasteiger partial charge is 0.251 e. The molecular weight excluding hydrogens is 189 g/mol. The molecule has 0 saturated carbocycles. The van der Waals surface area contributed by atoms with E-state index in [1.807, 2.05) is 0 Å². The van der Waals surface area contributed by atoms with Crippen LogP contribution in [0.3, 0.4) is 0 Å². The van der Waals surface area contributed by atoms with Crippen molar-refractivity contribution < 1.29 is 13.2 Å². The fourth-order valence-electron chi connectivity index (χ4n) is 0.913. The van der Waals surface area contributed by atoms with Crippen LogP contribution in [0.25, 0.3) is 0 Å². The number of hydrogen-bond acceptors (Lipinski definition) is 0. The van der Waals surface area contributed by atoms with Crippen molar-refractivity contribution in [2.24, 2.45) is 0 Å². The van der Waals surface area contributed by atoms with Crippen molar-refractivity contribution >= 4 is 11.6 Å². The molecule has 0 saturated heterocycles. The Morgan fingerprint density at radius 2 is 1.58 bits per heavy atom. The fraction of sp³-hybridized carbons (Fsp3) is 1.00. The summed E-state index contributed by atoms with van der Waals surface area (Å²) >= 11 is 4.87. The molecule has 0 radical (unpaired) electrons. The Morgan fingerprint density at radius 3 is 2.08 bits per heavy atom. The summed E-state index contributed by atoms with van der Waals surface area (Å²) in [5, 5.41) is 0. The van der Waals surface area contributed by atoms with Crippen LogP contribution in [-0.2, 0) is 0 Å². The molecule has 0 amide bonds. The van der Waals surface area contributed by atoms with Crippen molar-refractivity contribution in [1.29, 1.82) is 0 Å². The van der Waals surface area contributed by atoms with E-state index in [1.165, 1.54) is 0 Å². The van der Waals surface area contributed by atoms with Crippen LogP contribution in [0, 0.1) is 0 Å². The minimum Gasteiger partial charge on any atom is -0.251 e. The second-order valence-corrected chi connectivity index (χ2v) is 3.16. The molecule has 0 aromatic heterocycles. The number of rotatable bonds is 7. The van der Waals surface area contributed by atoms with Crippen molar-refractivity contribution in [1.82, 2.24) is 0 Å². The lowest BCUT2D eigenvalue weighted by Crippen LogP contribution is -2.10. The van der Waals surface area contributed by atoms with Crippen molar-refractivity contribution in [2.45, 2.75) is 43.9 Å². The summed E-state index contributed by atoms with van der Waals surface area (Å²) in [6.45, 7) is -0.333. The molecule has 12 heavy (non-hydrogen) atoms. The van der Waals surface area contributed by atoms with E-state index in [9.17, 15) is 13.2 Å². The van der Waals surface area contributed by atoms with Gasteiger partial charge < -0.3 is 0 Å². The maximum Gasteiger partial charge on any atom is 0.204 e. The Morgan fingerprint density at radius 1 is 1.00 bits per heavy atom.